The van der Waals surface area contributed by atoms with Gasteiger partial charge in [-0.2, -0.15) is 0 Å². The first-order chi connectivity index (χ1) is 6.84. The SMILES string of the molecule is O=C1CC(c2csc3ccccc23)N1. The van der Waals surface area contributed by atoms with Gasteiger partial charge in [-0.05, 0) is 22.4 Å². The van der Waals surface area contributed by atoms with E-state index < -0.39 is 0 Å². The van der Waals surface area contributed by atoms with Crippen LogP contribution in [0.2, 0.25) is 0 Å². The number of hydrogen-bond acceptors (Lipinski definition) is 2. The van der Waals surface area contributed by atoms with Crippen molar-refractivity contribution in [2.75, 3.05) is 0 Å². The summed E-state index contributed by atoms with van der Waals surface area (Å²) >= 11 is 1.74. The van der Waals surface area contributed by atoms with E-state index in [4.69, 9.17) is 0 Å². The van der Waals surface area contributed by atoms with Crippen LogP contribution in [0.15, 0.2) is 29.6 Å². The van der Waals surface area contributed by atoms with Crippen LogP contribution >= 0.6 is 11.3 Å². The van der Waals surface area contributed by atoms with Crippen molar-refractivity contribution in [3.63, 3.8) is 0 Å². The molecule has 1 aromatic carbocycles. The molecule has 1 fully saturated rings. The average Bonchev–Trinajstić information content (AvgIpc) is 2.56. The van der Waals surface area contributed by atoms with E-state index in [9.17, 15) is 4.79 Å². The molecule has 1 aliphatic rings. The lowest BCUT2D eigenvalue weighted by Gasteiger charge is -2.26. The van der Waals surface area contributed by atoms with E-state index >= 15 is 0 Å². The van der Waals surface area contributed by atoms with Crippen LogP contribution in [-0.4, -0.2) is 5.91 Å². The van der Waals surface area contributed by atoms with Gasteiger partial charge < -0.3 is 5.32 Å². The van der Waals surface area contributed by atoms with E-state index in [-0.39, 0.29) is 11.9 Å². The second-order valence-corrected chi connectivity index (χ2v) is 4.42. The van der Waals surface area contributed by atoms with Crippen LogP contribution in [-0.2, 0) is 4.79 Å². The highest BCUT2D eigenvalue weighted by molar-refractivity contribution is 7.17. The number of carbonyl (C=O) groups excluding carboxylic acids is 1. The molecule has 1 aliphatic heterocycles. The predicted molar refractivity (Wildman–Crippen MR) is 57.3 cm³/mol. The van der Waals surface area contributed by atoms with Crippen LogP contribution < -0.4 is 5.32 Å². The number of nitrogens with one attached hydrogen (secondary N) is 1. The van der Waals surface area contributed by atoms with Gasteiger partial charge in [0.2, 0.25) is 5.91 Å². The molecule has 1 saturated heterocycles. The Labute approximate surface area is 85.6 Å². The third-order valence-electron chi connectivity index (χ3n) is 2.61. The van der Waals surface area contributed by atoms with Gasteiger partial charge in [-0.25, -0.2) is 0 Å². The number of fused-ring (bicyclic) bond motifs is 1. The van der Waals surface area contributed by atoms with Crippen molar-refractivity contribution in [3.8, 4) is 0 Å². The Hall–Kier alpha value is -1.35. The largest absolute Gasteiger partial charge is 0.349 e. The molecule has 1 aromatic heterocycles. The Balaban J connectivity index is 2.09. The minimum Gasteiger partial charge on any atom is -0.349 e. The van der Waals surface area contributed by atoms with Gasteiger partial charge in [0.25, 0.3) is 0 Å². The van der Waals surface area contributed by atoms with Crippen molar-refractivity contribution >= 4 is 27.3 Å². The number of carbonyl (C=O) groups is 1. The highest BCUT2D eigenvalue weighted by atomic mass is 32.1. The molecule has 1 unspecified atom stereocenters. The molecule has 2 nitrogen and oxygen atoms in total. The van der Waals surface area contributed by atoms with Gasteiger partial charge in [0, 0.05) is 4.70 Å². The quantitative estimate of drug-likeness (QED) is 0.709. The zero-order valence-electron chi connectivity index (χ0n) is 7.49. The van der Waals surface area contributed by atoms with Crippen molar-refractivity contribution in [2.24, 2.45) is 0 Å². The molecule has 1 amide bonds. The first-order valence-corrected chi connectivity index (χ1v) is 5.48. The van der Waals surface area contributed by atoms with Crippen molar-refractivity contribution in [3.05, 3.63) is 35.2 Å². The van der Waals surface area contributed by atoms with Gasteiger partial charge in [-0.1, -0.05) is 18.2 Å². The van der Waals surface area contributed by atoms with E-state index in [1.54, 1.807) is 11.3 Å². The number of benzene rings is 1. The molecule has 0 bridgehead atoms. The summed E-state index contributed by atoms with van der Waals surface area (Å²) in [7, 11) is 0. The Morgan fingerprint density at radius 1 is 1.36 bits per heavy atom. The molecule has 70 valence electrons. The first-order valence-electron chi connectivity index (χ1n) is 4.60. The minimum absolute atomic E-state index is 0.158. The van der Waals surface area contributed by atoms with Gasteiger partial charge >= 0.3 is 0 Å². The monoisotopic (exact) mass is 203 g/mol. The number of thiophene rings is 1. The van der Waals surface area contributed by atoms with Gasteiger partial charge in [0.05, 0.1) is 12.5 Å². The number of amides is 1. The topological polar surface area (TPSA) is 29.1 Å². The Bertz CT molecular complexity index is 495. The van der Waals surface area contributed by atoms with Crippen LogP contribution in [0.3, 0.4) is 0 Å². The molecule has 3 rings (SSSR count). The lowest BCUT2D eigenvalue weighted by molar-refractivity contribution is -0.128. The number of rotatable bonds is 1. The molecule has 0 radical (unpaired) electrons. The molecule has 1 atom stereocenters. The Kier molecular flexibility index (Phi) is 1.61. The van der Waals surface area contributed by atoms with E-state index in [0.717, 1.165) is 0 Å². The first kappa shape index (κ1) is 8.00. The molecular weight excluding hydrogens is 194 g/mol. The summed E-state index contributed by atoms with van der Waals surface area (Å²) in [5.74, 6) is 0.158. The summed E-state index contributed by atoms with van der Waals surface area (Å²) in [6, 6.07) is 8.56. The fourth-order valence-corrected chi connectivity index (χ4v) is 2.83. The van der Waals surface area contributed by atoms with Gasteiger partial charge in [-0.3, -0.25) is 4.79 Å². The summed E-state index contributed by atoms with van der Waals surface area (Å²) < 4.78 is 1.30. The number of β-lactam (4-membered cyclic amide) rings is 1. The maximum atomic E-state index is 10.8. The van der Waals surface area contributed by atoms with Crippen LogP contribution in [0, 0.1) is 0 Å². The summed E-state index contributed by atoms with van der Waals surface area (Å²) in [6.45, 7) is 0. The van der Waals surface area contributed by atoms with E-state index in [1.165, 1.54) is 15.6 Å². The maximum Gasteiger partial charge on any atom is 0.222 e. The lowest BCUT2D eigenvalue weighted by Crippen LogP contribution is -2.41. The van der Waals surface area contributed by atoms with E-state index in [1.807, 2.05) is 12.1 Å². The van der Waals surface area contributed by atoms with Crippen molar-refractivity contribution < 1.29 is 4.79 Å². The van der Waals surface area contributed by atoms with Crippen molar-refractivity contribution in [1.29, 1.82) is 0 Å². The molecular formula is C11H9NOS. The highest BCUT2D eigenvalue weighted by Gasteiger charge is 2.28. The standard InChI is InChI=1S/C11H9NOS/c13-11-5-9(12-11)8-6-14-10-4-2-1-3-7(8)10/h1-4,6,9H,5H2,(H,12,13). The molecule has 3 heteroatoms. The summed E-state index contributed by atoms with van der Waals surface area (Å²) in [6.07, 6.45) is 0.640. The number of hydrogen-bond donors (Lipinski definition) is 1. The van der Waals surface area contributed by atoms with E-state index in [2.05, 4.69) is 22.8 Å². The Morgan fingerprint density at radius 3 is 2.93 bits per heavy atom. The molecule has 2 heterocycles. The second-order valence-electron chi connectivity index (χ2n) is 3.51. The third kappa shape index (κ3) is 1.06. The predicted octanol–water partition coefficient (Wildman–Crippen LogP) is 2.46. The summed E-state index contributed by atoms with van der Waals surface area (Å²) in [4.78, 5) is 10.8. The van der Waals surface area contributed by atoms with Crippen molar-refractivity contribution in [2.45, 2.75) is 12.5 Å². The zero-order chi connectivity index (χ0) is 9.54. The molecule has 2 aromatic rings. The fraction of sp³-hybridized carbons (Fsp3) is 0.182. The zero-order valence-corrected chi connectivity index (χ0v) is 8.30. The van der Waals surface area contributed by atoms with Crippen LogP contribution in [0.1, 0.15) is 18.0 Å². The minimum atomic E-state index is 0.158. The van der Waals surface area contributed by atoms with Crippen LogP contribution in [0.25, 0.3) is 10.1 Å². The van der Waals surface area contributed by atoms with Gasteiger partial charge in [-0.15, -0.1) is 11.3 Å². The molecule has 0 aliphatic carbocycles. The van der Waals surface area contributed by atoms with Crippen LogP contribution in [0.5, 0.6) is 0 Å². The average molecular weight is 203 g/mol. The van der Waals surface area contributed by atoms with Gasteiger partial charge in [0.15, 0.2) is 0 Å². The summed E-state index contributed by atoms with van der Waals surface area (Å²) in [5.41, 5.74) is 1.27. The second kappa shape index (κ2) is 2.82. The highest BCUT2D eigenvalue weighted by Crippen LogP contribution is 2.34. The summed E-state index contributed by atoms with van der Waals surface area (Å²) in [5, 5.41) is 6.33. The van der Waals surface area contributed by atoms with Gasteiger partial charge in [0.1, 0.15) is 0 Å². The third-order valence-corrected chi connectivity index (χ3v) is 3.59. The lowest BCUT2D eigenvalue weighted by atomic mass is 9.97. The fourth-order valence-electron chi connectivity index (χ4n) is 1.81. The normalized spacial score (nSPS) is 20.6. The van der Waals surface area contributed by atoms with E-state index in [0.29, 0.717) is 6.42 Å². The maximum absolute atomic E-state index is 10.8. The van der Waals surface area contributed by atoms with Crippen molar-refractivity contribution in [1.82, 2.24) is 5.32 Å². The molecule has 0 saturated carbocycles. The Morgan fingerprint density at radius 2 is 2.14 bits per heavy atom. The smallest absolute Gasteiger partial charge is 0.222 e. The molecule has 14 heavy (non-hydrogen) atoms. The van der Waals surface area contributed by atoms with Crippen LogP contribution in [0.4, 0.5) is 0 Å². The molecule has 1 N–H and O–H groups in total. The molecule has 0 spiro atoms.